The maximum Gasteiger partial charge on any atom is 0.325 e. The van der Waals surface area contributed by atoms with Gasteiger partial charge in [-0.2, -0.15) is 0 Å². The number of rotatable bonds is 15. The van der Waals surface area contributed by atoms with Crippen LogP contribution >= 0.6 is 0 Å². The van der Waals surface area contributed by atoms with Crippen molar-refractivity contribution in [1.82, 2.24) is 9.80 Å². The Hall–Kier alpha value is -3.26. The third kappa shape index (κ3) is 12.4. The highest BCUT2D eigenvalue weighted by molar-refractivity contribution is 5.87. The van der Waals surface area contributed by atoms with Crippen LogP contribution in [0.2, 0.25) is 0 Å². The third-order valence-electron chi connectivity index (χ3n) is 3.72. The Kier molecular flexibility index (Phi) is 14.8. The molecule has 0 heterocycles. The molecule has 14 heteroatoms. The van der Waals surface area contributed by atoms with E-state index in [2.05, 4.69) is 18.9 Å². The molecule has 0 rings (SSSR count). The molecule has 0 fully saturated rings. The molecular formula is C18H28N2O12. The summed E-state index contributed by atoms with van der Waals surface area (Å²) in [5.41, 5.74) is 0. The van der Waals surface area contributed by atoms with Crippen LogP contribution in [0.3, 0.4) is 0 Å². The van der Waals surface area contributed by atoms with Gasteiger partial charge in [0.25, 0.3) is 0 Å². The fourth-order valence-corrected chi connectivity index (χ4v) is 1.97. The number of carbonyl (C=O) groups excluding carboxylic acids is 6. The summed E-state index contributed by atoms with van der Waals surface area (Å²) in [6, 6.07) is 0. The lowest BCUT2D eigenvalue weighted by atomic mass is 10.4. The molecule has 0 N–H and O–H groups in total. The van der Waals surface area contributed by atoms with Crippen molar-refractivity contribution in [2.24, 2.45) is 0 Å². The Morgan fingerprint density at radius 2 is 0.750 bits per heavy atom. The summed E-state index contributed by atoms with van der Waals surface area (Å²) in [4.78, 5) is 71.6. The van der Waals surface area contributed by atoms with Gasteiger partial charge in [0.15, 0.2) is 0 Å². The molecule has 0 aromatic rings. The Balaban J connectivity index is 4.44. The summed E-state index contributed by atoms with van der Waals surface area (Å²) in [5, 5.41) is 0. The fourth-order valence-electron chi connectivity index (χ4n) is 1.97. The highest BCUT2D eigenvalue weighted by atomic mass is 16.5. The predicted octanol–water partition coefficient (Wildman–Crippen LogP) is -2.63. The van der Waals surface area contributed by atoms with Gasteiger partial charge in [-0.05, 0) is 0 Å². The van der Waals surface area contributed by atoms with Gasteiger partial charge in [0.2, 0.25) is 11.8 Å². The molecule has 182 valence electrons. The zero-order chi connectivity index (χ0) is 24.5. The molecule has 2 amide bonds. The van der Waals surface area contributed by atoms with E-state index < -0.39 is 75.1 Å². The highest BCUT2D eigenvalue weighted by Gasteiger charge is 2.22. The van der Waals surface area contributed by atoms with Crippen molar-refractivity contribution in [3.63, 3.8) is 0 Å². The van der Waals surface area contributed by atoms with E-state index in [9.17, 15) is 28.8 Å². The minimum atomic E-state index is -0.729. The average molecular weight is 464 g/mol. The van der Waals surface area contributed by atoms with Crippen LogP contribution in [0.25, 0.3) is 0 Å². The Morgan fingerprint density at radius 3 is 0.969 bits per heavy atom. The molecule has 0 aliphatic rings. The minimum absolute atomic E-state index is 0.0999. The second-order valence-corrected chi connectivity index (χ2v) is 5.91. The molecule has 0 aromatic heterocycles. The molecule has 0 saturated carbocycles. The van der Waals surface area contributed by atoms with E-state index in [1.165, 1.54) is 0 Å². The normalized spacial score (nSPS) is 10.0. The molecule has 0 radical (unpaired) electrons. The molecule has 0 aromatic carbocycles. The van der Waals surface area contributed by atoms with Gasteiger partial charge in [-0.1, -0.05) is 0 Å². The zero-order valence-corrected chi connectivity index (χ0v) is 18.5. The number of ether oxygens (including phenoxy) is 6. The van der Waals surface area contributed by atoms with E-state index in [1.807, 2.05) is 0 Å². The van der Waals surface area contributed by atoms with Gasteiger partial charge in [-0.3, -0.25) is 28.8 Å². The van der Waals surface area contributed by atoms with Crippen molar-refractivity contribution >= 4 is 35.7 Å². The van der Waals surface area contributed by atoms with Gasteiger partial charge in [0, 0.05) is 0 Å². The number of carbonyl (C=O) groups is 6. The molecule has 0 aliphatic heterocycles. The Bertz CT molecular complexity index is 574. The van der Waals surface area contributed by atoms with Crippen LogP contribution in [0.15, 0.2) is 0 Å². The highest BCUT2D eigenvalue weighted by Crippen LogP contribution is 1.97. The summed E-state index contributed by atoms with van der Waals surface area (Å²) >= 11 is 0. The molecule has 14 nitrogen and oxygen atoms in total. The summed E-state index contributed by atoms with van der Waals surface area (Å²) in [6.45, 7) is -2.99. The fraction of sp³-hybridized carbons (Fsp3) is 0.667. The quantitative estimate of drug-likeness (QED) is 0.141. The lowest BCUT2D eigenvalue weighted by Crippen LogP contribution is -2.42. The van der Waals surface area contributed by atoms with Gasteiger partial charge in [-0.25, -0.2) is 0 Å². The summed E-state index contributed by atoms with van der Waals surface area (Å²) in [5.74, 6) is -4.25. The molecule has 0 atom stereocenters. The smallest absolute Gasteiger partial charge is 0.325 e. The van der Waals surface area contributed by atoms with Crippen LogP contribution in [-0.2, 0) is 57.2 Å². The van der Waals surface area contributed by atoms with Crippen LogP contribution in [0, 0.1) is 0 Å². The first-order valence-electron chi connectivity index (χ1n) is 9.16. The number of hydrogen-bond acceptors (Lipinski definition) is 12. The molecule has 0 aliphatic carbocycles. The van der Waals surface area contributed by atoms with Crippen molar-refractivity contribution in [3.05, 3.63) is 0 Å². The van der Waals surface area contributed by atoms with Gasteiger partial charge < -0.3 is 38.2 Å². The van der Waals surface area contributed by atoms with Crippen molar-refractivity contribution in [1.29, 1.82) is 0 Å². The topological polar surface area (TPSA) is 164 Å². The third-order valence-corrected chi connectivity index (χ3v) is 3.72. The van der Waals surface area contributed by atoms with Gasteiger partial charge >= 0.3 is 23.9 Å². The standard InChI is InChI=1S/C18H28N2O12/c1-27-15(23)7-19(8-16(24)28-2)13(21)11-31-5-6-32-12-14(22)20(9-17(25)29-3)10-18(26)30-4/h5-12H2,1-4H3. The lowest BCUT2D eigenvalue weighted by molar-refractivity contribution is -0.155. The van der Waals surface area contributed by atoms with E-state index in [4.69, 9.17) is 9.47 Å². The molecular weight excluding hydrogens is 436 g/mol. The van der Waals surface area contributed by atoms with Crippen LogP contribution in [0.5, 0.6) is 0 Å². The van der Waals surface area contributed by atoms with E-state index in [0.29, 0.717) is 0 Å². The van der Waals surface area contributed by atoms with E-state index in [0.717, 1.165) is 38.2 Å². The number of amides is 2. The predicted molar refractivity (Wildman–Crippen MR) is 103 cm³/mol. The van der Waals surface area contributed by atoms with Crippen molar-refractivity contribution in [2.75, 3.05) is 81.0 Å². The lowest BCUT2D eigenvalue weighted by Gasteiger charge is -2.20. The first-order chi connectivity index (χ1) is 15.2. The van der Waals surface area contributed by atoms with Crippen molar-refractivity contribution in [3.8, 4) is 0 Å². The monoisotopic (exact) mass is 464 g/mol. The van der Waals surface area contributed by atoms with Gasteiger partial charge in [0.05, 0.1) is 41.7 Å². The number of nitrogens with zero attached hydrogens (tertiary/aromatic N) is 2. The maximum absolute atomic E-state index is 12.1. The zero-order valence-electron chi connectivity index (χ0n) is 18.5. The molecule has 0 saturated heterocycles. The Morgan fingerprint density at radius 1 is 0.500 bits per heavy atom. The number of methoxy groups -OCH3 is 4. The average Bonchev–Trinajstić information content (AvgIpc) is 2.79. The van der Waals surface area contributed by atoms with Crippen LogP contribution in [-0.4, -0.2) is 127 Å². The molecule has 32 heavy (non-hydrogen) atoms. The Labute approximate surface area is 184 Å². The number of esters is 4. The van der Waals surface area contributed by atoms with Crippen molar-refractivity contribution < 1.29 is 57.2 Å². The van der Waals surface area contributed by atoms with Crippen LogP contribution in [0.4, 0.5) is 0 Å². The van der Waals surface area contributed by atoms with E-state index >= 15 is 0 Å². The summed E-state index contributed by atoms with van der Waals surface area (Å²) < 4.78 is 28.1. The molecule has 0 unspecified atom stereocenters. The van der Waals surface area contributed by atoms with Crippen LogP contribution in [0.1, 0.15) is 0 Å². The first kappa shape index (κ1) is 28.7. The second-order valence-electron chi connectivity index (χ2n) is 5.91. The largest absolute Gasteiger partial charge is 0.468 e. The van der Waals surface area contributed by atoms with Crippen LogP contribution < -0.4 is 0 Å². The minimum Gasteiger partial charge on any atom is -0.468 e. The molecule has 0 bridgehead atoms. The first-order valence-corrected chi connectivity index (χ1v) is 9.16. The maximum atomic E-state index is 12.1. The summed E-state index contributed by atoms with van der Waals surface area (Å²) in [7, 11) is 4.54. The van der Waals surface area contributed by atoms with E-state index in [-0.39, 0.29) is 13.2 Å². The summed E-state index contributed by atoms with van der Waals surface area (Å²) in [6.07, 6.45) is 0. The van der Waals surface area contributed by atoms with Gasteiger partial charge in [0.1, 0.15) is 39.4 Å². The van der Waals surface area contributed by atoms with Gasteiger partial charge in [-0.15, -0.1) is 0 Å². The SMILES string of the molecule is COC(=O)CN(CC(=O)OC)C(=O)COCCOCC(=O)N(CC(=O)OC)CC(=O)OC. The second kappa shape index (κ2) is 16.4. The van der Waals surface area contributed by atoms with Crippen molar-refractivity contribution in [2.45, 2.75) is 0 Å². The van der Waals surface area contributed by atoms with E-state index in [1.54, 1.807) is 0 Å². The number of hydrogen-bond donors (Lipinski definition) is 0. The molecule has 0 spiro atoms.